The molecule has 0 aliphatic carbocycles. The van der Waals surface area contributed by atoms with Crippen LogP contribution in [0.4, 0.5) is 10.1 Å². The number of hydrogen-bond acceptors (Lipinski definition) is 8. The minimum absolute atomic E-state index is 0.0734. The lowest BCUT2D eigenvalue weighted by Gasteiger charge is -2.20. The van der Waals surface area contributed by atoms with Gasteiger partial charge in [-0.25, -0.2) is 4.39 Å². The number of amides is 1. The summed E-state index contributed by atoms with van der Waals surface area (Å²) >= 11 is 0. The quantitative estimate of drug-likeness (QED) is 0.256. The molecule has 0 radical (unpaired) electrons. The van der Waals surface area contributed by atoms with Gasteiger partial charge in [-0.15, -0.1) is 0 Å². The number of nitrogens with two attached hydrogens (primary N) is 1. The monoisotopic (exact) mass is 517 g/mol. The molecular weight excluding hydrogens is 488 g/mol. The number of nitrogen functional groups attached to an aromatic ring is 1. The van der Waals surface area contributed by atoms with Crippen LogP contribution in [0.5, 0.6) is 17.2 Å². The third kappa shape index (κ3) is 6.20. The molecule has 2 aromatic carbocycles. The van der Waals surface area contributed by atoms with Crippen LogP contribution in [-0.4, -0.2) is 38.3 Å². The number of ether oxygens (including phenoxy) is 2. The van der Waals surface area contributed by atoms with Gasteiger partial charge < -0.3 is 29.6 Å². The van der Waals surface area contributed by atoms with Crippen molar-refractivity contribution in [2.45, 2.75) is 20.0 Å². The molecule has 1 aromatic heterocycles. The van der Waals surface area contributed by atoms with E-state index in [1.807, 2.05) is 0 Å². The number of rotatable bonds is 11. The van der Waals surface area contributed by atoms with Crippen molar-refractivity contribution in [2.24, 2.45) is 0 Å². The first-order chi connectivity index (χ1) is 17.2. The average Bonchev–Trinajstić information content (AvgIpc) is 2.85. The summed E-state index contributed by atoms with van der Waals surface area (Å²) in [5.41, 5.74) is 7.75. The van der Waals surface area contributed by atoms with Crippen molar-refractivity contribution in [3.8, 4) is 28.4 Å². The van der Waals surface area contributed by atoms with Crippen LogP contribution in [0.1, 0.15) is 29.9 Å². The van der Waals surface area contributed by atoms with Crippen LogP contribution in [0.2, 0.25) is 0 Å². The Morgan fingerprint density at radius 3 is 2.39 bits per heavy atom. The van der Waals surface area contributed by atoms with E-state index in [9.17, 15) is 9.36 Å². The number of nitrogens with one attached hydrogen (secondary N) is 1. The Hall–Kier alpha value is -3.46. The highest BCUT2D eigenvalue weighted by molar-refractivity contribution is 7.53. The summed E-state index contributed by atoms with van der Waals surface area (Å²) in [5.74, 6) is -0.125. The highest BCUT2D eigenvalue weighted by atomic mass is 31.2. The number of halogens is 1. The van der Waals surface area contributed by atoms with Crippen molar-refractivity contribution in [2.75, 3.05) is 33.1 Å². The third-order valence-corrected chi connectivity index (χ3v) is 7.20. The van der Waals surface area contributed by atoms with Crippen LogP contribution in [0, 0.1) is 5.82 Å². The Morgan fingerprint density at radius 2 is 1.78 bits per heavy atom. The lowest BCUT2D eigenvalue weighted by atomic mass is 9.99. The lowest BCUT2D eigenvalue weighted by molar-refractivity contribution is 0.0957. The van der Waals surface area contributed by atoms with E-state index in [0.29, 0.717) is 22.6 Å². The van der Waals surface area contributed by atoms with Gasteiger partial charge in [0.1, 0.15) is 28.8 Å². The Kier molecular flexibility index (Phi) is 9.03. The summed E-state index contributed by atoms with van der Waals surface area (Å²) in [7, 11) is -0.500. The Bertz CT molecular complexity index is 1280. The summed E-state index contributed by atoms with van der Waals surface area (Å²) in [5, 5.41) is 2.48. The molecule has 0 aliphatic rings. The first kappa shape index (κ1) is 27.1. The minimum atomic E-state index is -3.44. The number of carbonyl (C=O) groups is 1. The summed E-state index contributed by atoms with van der Waals surface area (Å²) < 4.78 is 50.3. The summed E-state index contributed by atoms with van der Waals surface area (Å²) in [4.78, 5) is 15.8. The Labute approximate surface area is 209 Å². The average molecular weight is 517 g/mol. The van der Waals surface area contributed by atoms with Gasteiger partial charge in [0.05, 0.1) is 26.5 Å². The second kappa shape index (κ2) is 12.0. The van der Waals surface area contributed by atoms with Crippen molar-refractivity contribution in [3.63, 3.8) is 0 Å². The highest BCUT2D eigenvalue weighted by Crippen LogP contribution is 2.53. The molecule has 0 saturated carbocycles. The fourth-order valence-electron chi connectivity index (χ4n) is 3.58. The topological polar surface area (TPSA) is 122 Å². The molecule has 0 fully saturated rings. The van der Waals surface area contributed by atoms with Gasteiger partial charge in [-0.05, 0) is 43.7 Å². The van der Waals surface area contributed by atoms with Crippen molar-refractivity contribution in [1.82, 2.24) is 10.3 Å². The maximum atomic E-state index is 15.3. The fourth-order valence-corrected chi connectivity index (χ4v) is 5.32. The van der Waals surface area contributed by atoms with Crippen molar-refractivity contribution in [3.05, 3.63) is 65.7 Å². The zero-order valence-corrected chi connectivity index (χ0v) is 21.4. The second-order valence-corrected chi connectivity index (χ2v) is 9.57. The molecule has 0 unspecified atom stereocenters. The molecule has 0 atom stereocenters. The largest absolute Gasteiger partial charge is 0.496 e. The van der Waals surface area contributed by atoms with Gasteiger partial charge in [0.2, 0.25) is 0 Å². The van der Waals surface area contributed by atoms with Crippen molar-refractivity contribution < 1.29 is 32.3 Å². The normalized spacial score (nSPS) is 11.2. The van der Waals surface area contributed by atoms with Gasteiger partial charge >= 0.3 is 7.60 Å². The molecule has 1 heterocycles. The van der Waals surface area contributed by atoms with Gasteiger partial charge in [-0.3, -0.25) is 14.3 Å². The first-order valence-corrected chi connectivity index (χ1v) is 13.0. The number of aromatic nitrogens is 1. The lowest BCUT2D eigenvalue weighted by Crippen LogP contribution is -2.18. The Balaban J connectivity index is 1.96. The zero-order chi connectivity index (χ0) is 26.3. The number of nitrogens with zero attached hydrogens (tertiary/aromatic N) is 1. The van der Waals surface area contributed by atoms with Crippen LogP contribution < -0.4 is 20.5 Å². The highest BCUT2D eigenvalue weighted by Gasteiger charge is 2.27. The predicted molar refractivity (Wildman–Crippen MR) is 135 cm³/mol. The van der Waals surface area contributed by atoms with Crippen LogP contribution in [0.3, 0.4) is 0 Å². The Morgan fingerprint density at radius 1 is 1.08 bits per heavy atom. The molecule has 0 saturated heterocycles. The maximum Gasteiger partial charge on any atom is 0.335 e. The minimum Gasteiger partial charge on any atom is -0.496 e. The van der Waals surface area contributed by atoms with Crippen molar-refractivity contribution in [1.29, 1.82) is 0 Å². The van der Waals surface area contributed by atoms with E-state index in [4.69, 9.17) is 24.3 Å². The van der Waals surface area contributed by atoms with Gasteiger partial charge in [0.15, 0.2) is 0 Å². The van der Waals surface area contributed by atoms with Gasteiger partial charge in [0.25, 0.3) is 5.91 Å². The van der Waals surface area contributed by atoms with Crippen LogP contribution >= 0.6 is 7.60 Å². The summed E-state index contributed by atoms with van der Waals surface area (Å²) in [6.45, 7) is 3.86. The molecular formula is C25H29FN3O6P. The van der Waals surface area contributed by atoms with E-state index >= 15 is 4.39 Å². The molecule has 0 bridgehead atoms. The maximum absolute atomic E-state index is 15.3. The van der Waals surface area contributed by atoms with E-state index in [1.54, 1.807) is 38.1 Å². The molecule has 9 nitrogen and oxygen atoms in total. The molecule has 36 heavy (non-hydrogen) atoms. The first-order valence-electron chi connectivity index (χ1n) is 11.2. The molecule has 3 aromatic rings. The van der Waals surface area contributed by atoms with Crippen LogP contribution in [0.25, 0.3) is 11.1 Å². The molecule has 1 amide bonds. The predicted octanol–water partition coefficient (Wildman–Crippen LogP) is 5.40. The number of carbonyl (C=O) groups excluding carboxylic acids is 1. The van der Waals surface area contributed by atoms with E-state index < -0.39 is 13.4 Å². The SMILES string of the molecule is CCOP(=O)(Cc1ccc(OC)c(-c2ccc(Oc3ccnc(C(=O)NC)c3)cc2F)c1N)OCC. The van der Waals surface area contributed by atoms with Gasteiger partial charge in [0, 0.05) is 42.2 Å². The summed E-state index contributed by atoms with van der Waals surface area (Å²) in [6, 6.07) is 10.6. The van der Waals surface area contributed by atoms with E-state index in [2.05, 4.69) is 10.3 Å². The third-order valence-electron chi connectivity index (χ3n) is 5.17. The summed E-state index contributed by atoms with van der Waals surface area (Å²) in [6.07, 6.45) is 1.35. The number of hydrogen-bond donors (Lipinski definition) is 2. The standard InChI is InChI=1S/C25H29FN3O6P/c1-5-33-36(31,34-6-2)15-16-7-10-22(32-4)23(24(16)27)19-9-8-17(13-20(19)26)35-18-11-12-29-21(14-18)25(30)28-3/h7-14H,5-6,15,27H2,1-4H3,(H,28,30). The fraction of sp³-hybridized carbons (Fsp3) is 0.280. The van der Waals surface area contributed by atoms with Crippen LogP contribution in [-0.2, 0) is 19.8 Å². The number of benzene rings is 2. The molecule has 11 heteroatoms. The van der Waals surface area contributed by atoms with Crippen LogP contribution in [0.15, 0.2) is 48.7 Å². The molecule has 0 spiro atoms. The molecule has 0 aliphatic heterocycles. The number of pyridine rings is 1. The molecule has 3 N–H and O–H groups in total. The van der Waals surface area contributed by atoms with Gasteiger partial charge in [-0.2, -0.15) is 0 Å². The zero-order valence-electron chi connectivity index (χ0n) is 20.5. The van der Waals surface area contributed by atoms with E-state index in [-0.39, 0.29) is 48.0 Å². The smallest absolute Gasteiger partial charge is 0.335 e. The second-order valence-electron chi connectivity index (χ2n) is 7.52. The van der Waals surface area contributed by atoms with Gasteiger partial charge in [-0.1, -0.05) is 6.07 Å². The molecule has 3 rings (SSSR count). The number of anilines is 1. The number of methoxy groups -OCH3 is 1. The van der Waals surface area contributed by atoms with Crippen molar-refractivity contribution >= 4 is 19.2 Å². The van der Waals surface area contributed by atoms with E-state index in [1.165, 1.54) is 38.6 Å². The van der Waals surface area contributed by atoms with E-state index in [0.717, 1.165) is 0 Å². The molecule has 192 valence electrons.